The number of benzene rings is 1. The second kappa shape index (κ2) is 5.98. The van der Waals surface area contributed by atoms with E-state index in [1.807, 2.05) is 0 Å². The first-order valence-corrected chi connectivity index (χ1v) is 10.0. The molecule has 22 heavy (non-hydrogen) atoms. The Morgan fingerprint density at radius 1 is 1.09 bits per heavy atom. The second-order valence-electron chi connectivity index (χ2n) is 5.21. The summed E-state index contributed by atoms with van der Waals surface area (Å²) in [6.07, 6.45) is 2.57. The van der Waals surface area contributed by atoms with Crippen LogP contribution in [0.1, 0.15) is 19.3 Å². The molecule has 1 N–H and O–H groups in total. The highest BCUT2D eigenvalue weighted by atomic mass is 32.2. The lowest BCUT2D eigenvalue weighted by atomic mass is 10.1. The van der Waals surface area contributed by atoms with Crippen LogP contribution >= 0.6 is 0 Å². The van der Waals surface area contributed by atoms with Gasteiger partial charge >= 0.3 is 5.97 Å². The number of carboxylic acid groups (broad SMARTS) is 1. The lowest BCUT2D eigenvalue weighted by molar-refractivity contribution is -0.142. The fourth-order valence-electron chi connectivity index (χ4n) is 2.43. The van der Waals surface area contributed by atoms with Crippen LogP contribution in [0.4, 0.5) is 0 Å². The number of hydrogen-bond donors (Lipinski definition) is 1. The molecule has 0 amide bonds. The number of nitrogens with zero attached hydrogens (tertiary/aromatic N) is 1. The van der Waals surface area contributed by atoms with Gasteiger partial charge in [0.15, 0.2) is 9.84 Å². The maximum Gasteiger partial charge on any atom is 0.322 e. The van der Waals surface area contributed by atoms with Gasteiger partial charge in [0.1, 0.15) is 6.04 Å². The third kappa shape index (κ3) is 3.31. The molecule has 2 rings (SSSR count). The Morgan fingerprint density at radius 2 is 1.64 bits per heavy atom. The predicted molar refractivity (Wildman–Crippen MR) is 78.7 cm³/mol. The molecule has 0 radical (unpaired) electrons. The van der Waals surface area contributed by atoms with Crippen molar-refractivity contribution in [1.82, 2.24) is 4.31 Å². The quantitative estimate of drug-likeness (QED) is 0.859. The van der Waals surface area contributed by atoms with Gasteiger partial charge in [-0.15, -0.1) is 0 Å². The molecular weight excluding hydrogens is 330 g/mol. The third-order valence-corrected chi connectivity index (χ3v) is 6.65. The van der Waals surface area contributed by atoms with Gasteiger partial charge in [0.2, 0.25) is 10.0 Å². The van der Waals surface area contributed by atoms with Crippen LogP contribution in [0, 0.1) is 0 Å². The second-order valence-corrected chi connectivity index (χ2v) is 9.12. The molecule has 122 valence electrons. The molecule has 0 spiro atoms. The van der Waals surface area contributed by atoms with Gasteiger partial charge in [-0.1, -0.05) is 0 Å². The van der Waals surface area contributed by atoms with Crippen LogP contribution in [-0.2, 0) is 24.7 Å². The van der Waals surface area contributed by atoms with Crippen molar-refractivity contribution in [3.8, 4) is 0 Å². The first-order valence-electron chi connectivity index (χ1n) is 6.69. The summed E-state index contributed by atoms with van der Waals surface area (Å²) in [5.41, 5.74) is 0. The number of carboxylic acids is 1. The Bertz CT molecular complexity index is 767. The summed E-state index contributed by atoms with van der Waals surface area (Å²) in [5.74, 6) is -1.17. The summed E-state index contributed by atoms with van der Waals surface area (Å²) in [5, 5.41) is 9.18. The monoisotopic (exact) mass is 347 g/mol. The van der Waals surface area contributed by atoms with Gasteiger partial charge in [0.05, 0.1) is 9.79 Å². The Balaban J connectivity index is 2.39. The van der Waals surface area contributed by atoms with Crippen LogP contribution in [0.3, 0.4) is 0 Å². The molecule has 1 heterocycles. The van der Waals surface area contributed by atoms with E-state index in [1.54, 1.807) is 0 Å². The van der Waals surface area contributed by atoms with Crippen molar-refractivity contribution in [2.24, 2.45) is 0 Å². The zero-order chi connectivity index (χ0) is 16.5. The van der Waals surface area contributed by atoms with Crippen LogP contribution in [0.5, 0.6) is 0 Å². The number of hydrogen-bond acceptors (Lipinski definition) is 5. The number of piperidine rings is 1. The van der Waals surface area contributed by atoms with Crippen LogP contribution < -0.4 is 0 Å². The molecule has 1 atom stereocenters. The standard InChI is InChI=1S/C13H17NO6S2/c1-21(17,18)10-5-7-11(8-6-10)22(19,20)14-9-3-2-4-12(14)13(15)16/h5-8,12H,2-4,9H2,1H3,(H,15,16). The van der Waals surface area contributed by atoms with Crippen molar-refractivity contribution in [3.63, 3.8) is 0 Å². The topological polar surface area (TPSA) is 109 Å². The van der Waals surface area contributed by atoms with E-state index in [0.717, 1.165) is 10.6 Å². The number of sulfone groups is 1. The van der Waals surface area contributed by atoms with Crippen molar-refractivity contribution in [3.05, 3.63) is 24.3 Å². The zero-order valence-electron chi connectivity index (χ0n) is 12.0. The highest BCUT2D eigenvalue weighted by Gasteiger charge is 2.37. The van der Waals surface area contributed by atoms with Crippen LogP contribution in [-0.4, -0.2) is 51.1 Å². The SMILES string of the molecule is CS(=O)(=O)c1ccc(S(=O)(=O)N2CCCCC2C(=O)O)cc1. The molecule has 1 aromatic carbocycles. The van der Waals surface area contributed by atoms with Crippen LogP contribution in [0.25, 0.3) is 0 Å². The molecule has 1 fully saturated rings. The lowest BCUT2D eigenvalue weighted by Gasteiger charge is -2.31. The van der Waals surface area contributed by atoms with Gasteiger partial charge in [0.25, 0.3) is 0 Å². The Hall–Kier alpha value is -1.45. The van der Waals surface area contributed by atoms with E-state index >= 15 is 0 Å². The molecule has 0 aliphatic carbocycles. The number of rotatable bonds is 4. The Morgan fingerprint density at radius 3 is 2.14 bits per heavy atom. The minimum atomic E-state index is -3.96. The maximum atomic E-state index is 12.6. The first kappa shape index (κ1) is 16.9. The van der Waals surface area contributed by atoms with E-state index in [9.17, 15) is 26.7 Å². The van der Waals surface area contributed by atoms with Gasteiger partial charge in [0, 0.05) is 12.8 Å². The fraction of sp³-hybridized carbons (Fsp3) is 0.462. The first-order chi connectivity index (χ1) is 10.1. The minimum Gasteiger partial charge on any atom is -0.480 e. The van der Waals surface area contributed by atoms with Gasteiger partial charge < -0.3 is 5.11 Å². The van der Waals surface area contributed by atoms with E-state index in [1.165, 1.54) is 24.3 Å². The number of carbonyl (C=O) groups is 1. The molecule has 1 aliphatic rings. The van der Waals surface area contributed by atoms with Crippen molar-refractivity contribution in [2.45, 2.75) is 35.1 Å². The lowest BCUT2D eigenvalue weighted by Crippen LogP contribution is -2.47. The van der Waals surface area contributed by atoms with Crippen molar-refractivity contribution in [2.75, 3.05) is 12.8 Å². The van der Waals surface area contributed by atoms with Crippen molar-refractivity contribution in [1.29, 1.82) is 0 Å². The van der Waals surface area contributed by atoms with E-state index in [4.69, 9.17) is 0 Å². The van der Waals surface area contributed by atoms with E-state index in [0.29, 0.717) is 12.8 Å². The Labute approximate surface area is 129 Å². The highest BCUT2D eigenvalue weighted by Crippen LogP contribution is 2.26. The molecule has 1 aromatic rings. The molecule has 0 saturated carbocycles. The summed E-state index contributed by atoms with van der Waals surface area (Å²) < 4.78 is 48.9. The van der Waals surface area contributed by atoms with Crippen molar-refractivity contribution >= 4 is 25.8 Å². The van der Waals surface area contributed by atoms with E-state index < -0.39 is 31.9 Å². The van der Waals surface area contributed by atoms with E-state index in [2.05, 4.69) is 0 Å². The van der Waals surface area contributed by atoms with Crippen molar-refractivity contribution < 1.29 is 26.7 Å². The minimum absolute atomic E-state index is 0.0138. The molecule has 1 saturated heterocycles. The zero-order valence-corrected chi connectivity index (χ0v) is 13.6. The van der Waals surface area contributed by atoms with Gasteiger partial charge in [-0.05, 0) is 43.5 Å². The summed E-state index contributed by atoms with van der Waals surface area (Å²) in [4.78, 5) is 11.2. The third-order valence-electron chi connectivity index (χ3n) is 3.60. The molecular formula is C13H17NO6S2. The number of aliphatic carboxylic acids is 1. The van der Waals surface area contributed by atoms with Crippen LogP contribution in [0.2, 0.25) is 0 Å². The average Bonchev–Trinajstić information content (AvgIpc) is 2.46. The molecule has 0 aromatic heterocycles. The Kier molecular flexibility index (Phi) is 4.59. The molecule has 1 aliphatic heterocycles. The summed E-state index contributed by atoms with van der Waals surface area (Å²) in [6, 6.07) is 3.73. The van der Waals surface area contributed by atoms with Gasteiger partial charge in [-0.3, -0.25) is 4.79 Å². The predicted octanol–water partition coefficient (Wildman–Crippen LogP) is 0.718. The fourth-order valence-corrected chi connectivity index (χ4v) is 4.72. The largest absolute Gasteiger partial charge is 0.480 e. The normalized spacial score (nSPS) is 20.7. The van der Waals surface area contributed by atoms with Gasteiger partial charge in [-0.25, -0.2) is 16.8 Å². The summed E-state index contributed by atoms with van der Waals surface area (Å²) >= 11 is 0. The van der Waals surface area contributed by atoms with E-state index in [-0.39, 0.29) is 22.8 Å². The number of sulfonamides is 1. The van der Waals surface area contributed by atoms with Crippen LogP contribution in [0.15, 0.2) is 34.1 Å². The average molecular weight is 347 g/mol. The smallest absolute Gasteiger partial charge is 0.322 e. The summed E-state index contributed by atoms with van der Waals surface area (Å²) in [7, 11) is -7.38. The molecule has 9 heteroatoms. The highest BCUT2D eigenvalue weighted by molar-refractivity contribution is 7.90. The summed E-state index contributed by atoms with van der Waals surface area (Å²) in [6.45, 7) is 0.146. The molecule has 1 unspecified atom stereocenters. The molecule has 0 bridgehead atoms. The van der Waals surface area contributed by atoms with Gasteiger partial charge in [-0.2, -0.15) is 4.31 Å². The maximum absolute atomic E-state index is 12.6. The molecule has 7 nitrogen and oxygen atoms in total.